The van der Waals surface area contributed by atoms with Crippen molar-refractivity contribution in [3.05, 3.63) is 59.7 Å². The van der Waals surface area contributed by atoms with Crippen LogP contribution < -0.4 is 5.73 Å². The molecule has 0 aliphatic heterocycles. The summed E-state index contributed by atoms with van der Waals surface area (Å²) in [4.78, 5) is 8.58. The second-order valence-corrected chi connectivity index (χ2v) is 3.75. The Morgan fingerprint density at radius 1 is 0.944 bits per heavy atom. The van der Waals surface area contributed by atoms with Crippen molar-refractivity contribution in [1.29, 1.82) is 0 Å². The van der Waals surface area contributed by atoms with Gasteiger partial charge in [0.25, 0.3) is 0 Å². The molecule has 2 rings (SSSR count). The Kier molecular flexibility index (Phi) is 7.48. The first-order valence-electron chi connectivity index (χ1n) is 5.47. The predicted molar refractivity (Wildman–Crippen MR) is 78.9 cm³/mol. The smallest absolute Gasteiger partial charge is 0.204 e. The number of halogens is 1. The molecule has 0 atom stereocenters. The van der Waals surface area contributed by atoms with E-state index in [0.717, 1.165) is 0 Å². The first kappa shape index (κ1) is 16.2. The fourth-order valence-electron chi connectivity index (χ4n) is 1.68. The summed E-state index contributed by atoms with van der Waals surface area (Å²) in [5, 5.41) is 0. The highest BCUT2D eigenvalue weighted by Gasteiger charge is 2.01. The van der Waals surface area contributed by atoms with Crippen LogP contribution in [0.5, 0.6) is 0 Å². The minimum Gasteiger partial charge on any atom is -0.372 e. The largest absolute Gasteiger partial charge is 0.372 e. The number of aryl methyl sites for hydroxylation is 1. The summed E-state index contributed by atoms with van der Waals surface area (Å²) in [6.07, 6.45) is 0.250. The highest BCUT2D eigenvalue weighted by Crippen LogP contribution is 2.24. The van der Waals surface area contributed by atoms with Crippen LogP contribution in [0.1, 0.15) is 11.1 Å². The number of benzene rings is 2. The third-order valence-corrected chi connectivity index (χ3v) is 2.69. The van der Waals surface area contributed by atoms with E-state index in [1.165, 1.54) is 22.3 Å². The zero-order chi connectivity index (χ0) is 12.7. The minimum atomic E-state index is 0. The minimum absolute atomic E-state index is 0. The zero-order valence-corrected chi connectivity index (χ0v) is 11.4. The molecule has 0 saturated heterocycles. The predicted octanol–water partition coefficient (Wildman–Crippen LogP) is 3.49. The molecule has 96 valence electrons. The molecule has 18 heavy (non-hydrogen) atoms. The quantitative estimate of drug-likeness (QED) is 0.787. The van der Waals surface area contributed by atoms with Crippen LogP contribution in [0, 0.1) is 13.8 Å². The van der Waals surface area contributed by atoms with Crippen molar-refractivity contribution in [3.8, 4) is 11.1 Å². The SMILES string of the molecule is Cc1cccc(-c2ccccc2)c1C.Cl.NC=O. The molecule has 2 nitrogen and oxygen atoms in total. The van der Waals surface area contributed by atoms with Gasteiger partial charge in [-0.1, -0.05) is 48.5 Å². The maximum Gasteiger partial charge on any atom is 0.204 e. The van der Waals surface area contributed by atoms with Crippen LogP contribution in [0.4, 0.5) is 0 Å². The lowest BCUT2D eigenvalue weighted by Gasteiger charge is -2.07. The summed E-state index contributed by atoms with van der Waals surface area (Å²) in [7, 11) is 0. The fraction of sp³-hybridized carbons (Fsp3) is 0.133. The number of hydrogen-bond donors (Lipinski definition) is 1. The van der Waals surface area contributed by atoms with Gasteiger partial charge in [0.05, 0.1) is 0 Å². The lowest BCUT2D eigenvalue weighted by atomic mass is 9.97. The van der Waals surface area contributed by atoms with Crippen molar-refractivity contribution in [2.45, 2.75) is 13.8 Å². The Labute approximate surface area is 114 Å². The van der Waals surface area contributed by atoms with E-state index >= 15 is 0 Å². The standard InChI is InChI=1S/C14H14.CH3NO.ClH/c1-11-7-6-10-14(12(11)2)13-8-4-3-5-9-13;2-1-3;/h3-10H,1-2H3;1H,(H2,2,3);1H. The van der Waals surface area contributed by atoms with Gasteiger partial charge in [-0.2, -0.15) is 0 Å². The highest BCUT2D eigenvalue weighted by atomic mass is 35.5. The van der Waals surface area contributed by atoms with Crippen molar-refractivity contribution in [1.82, 2.24) is 0 Å². The molecule has 2 aromatic rings. The number of rotatable bonds is 1. The Hall–Kier alpha value is -1.80. The molecule has 2 aromatic carbocycles. The second kappa shape index (κ2) is 8.31. The number of carbonyl (C=O) groups excluding carboxylic acids is 1. The number of hydrogen-bond acceptors (Lipinski definition) is 1. The highest BCUT2D eigenvalue weighted by molar-refractivity contribution is 5.85. The zero-order valence-electron chi connectivity index (χ0n) is 10.6. The molecule has 0 bridgehead atoms. The Morgan fingerprint density at radius 2 is 1.50 bits per heavy atom. The van der Waals surface area contributed by atoms with Crippen LogP contribution >= 0.6 is 12.4 Å². The number of primary amides is 1. The summed E-state index contributed by atoms with van der Waals surface area (Å²) in [6.45, 7) is 4.33. The van der Waals surface area contributed by atoms with Crippen molar-refractivity contribution in [2.75, 3.05) is 0 Å². The molecule has 1 amide bonds. The summed E-state index contributed by atoms with van der Waals surface area (Å²) >= 11 is 0. The maximum atomic E-state index is 8.58. The normalized spacial score (nSPS) is 8.56. The van der Waals surface area contributed by atoms with Crippen molar-refractivity contribution in [2.24, 2.45) is 5.73 Å². The molecule has 0 aromatic heterocycles. The van der Waals surface area contributed by atoms with Crippen LogP contribution in [0.2, 0.25) is 0 Å². The average Bonchev–Trinajstić information content (AvgIpc) is 2.35. The Balaban J connectivity index is 0.000000660. The first-order chi connectivity index (χ1) is 8.20. The summed E-state index contributed by atoms with van der Waals surface area (Å²) in [5.74, 6) is 0. The van der Waals surface area contributed by atoms with E-state index in [0.29, 0.717) is 0 Å². The van der Waals surface area contributed by atoms with Crippen LogP contribution in [0.25, 0.3) is 11.1 Å². The van der Waals surface area contributed by atoms with Crippen LogP contribution in [-0.2, 0) is 4.79 Å². The van der Waals surface area contributed by atoms with E-state index < -0.39 is 0 Å². The monoisotopic (exact) mass is 263 g/mol. The molecule has 3 heteroatoms. The molecule has 2 N–H and O–H groups in total. The molecule has 0 unspecified atom stereocenters. The third kappa shape index (κ3) is 4.22. The molecule has 0 radical (unpaired) electrons. The topological polar surface area (TPSA) is 43.1 Å². The van der Waals surface area contributed by atoms with Gasteiger partial charge >= 0.3 is 0 Å². The number of nitrogens with two attached hydrogens (primary N) is 1. The van der Waals surface area contributed by atoms with Gasteiger partial charge in [0.1, 0.15) is 0 Å². The lowest BCUT2D eigenvalue weighted by molar-refractivity contribution is -0.106. The van der Waals surface area contributed by atoms with Crippen LogP contribution in [0.3, 0.4) is 0 Å². The summed E-state index contributed by atoms with van der Waals surface area (Å²) in [5.41, 5.74) is 9.53. The van der Waals surface area contributed by atoms with Gasteiger partial charge in [0, 0.05) is 0 Å². The van der Waals surface area contributed by atoms with Crippen LogP contribution in [0.15, 0.2) is 48.5 Å². The van der Waals surface area contributed by atoms with Gasteiger partial charge in [-0.25, -0.2) is 0 Å². The van der Waals surface area contributed by atoms with Gasteiger partial charge in [-0.05, 0) is 36.1 Å². The van der Waals surface area contributed by atoms with Gasteiger partial charge in [-0.15, -0.1) is 12.4 Å². The lowest BCUT2D eigenvalue weighted by Crippen LogP contribution is -1.85. The van der Waals surface area contributed by atoms with Crippen molar-refractivity contribution in [3.63, 3.8) is 0 Å². The van der Waals surface area contributed by atoms with Gasteiger partial charge in [0.15, 0.2) is 0 Å². The number of amides is 1. The van der Waals surface area contributed by atoms with Crippen LogP contribution in [-0.4, -0.2) is 6.41 Å². The van der Waals surface area contributed by atoms with E-state index in [1.54, 1.807) is 0 Å². The average molecular weight is 264 g/mol. The number of carbonyl (C=O) groups is 1. The van der Waals surface area contributed by atoms with E-state index in [4.69, 9.17) is 4.79 Å². The summed E-state index contributed by atoms with van der Waals surface area (Å²) in [6, 6.07) is 17.0. The molecule has 0 heterocycles. The van der Waals surface area contributed by atoms with E-state index in [2.05, 4.69) is 68.1 Å². The molecule has 0 fully saturated rings. The summed E-state index contributed by atoms with van der Waals surface area (Å²) < 4.78 is 0. The third-order valence-electron chi connectivity index (χ3n) is 2.69. The molecule has 0 aliphatic rings. The van der Waals surface area contributed by atoms with Crippen molar-refractivity contribution >= 4 is 18.8 Å². The van der Waals surface area contributed by atoms with E-state index in [1.807, 2.05) is 0 Å². The van der Waals surface area contributed by atoms with Crippen molar-refractivity contribution < 1.29 is 4.79 Å². The van der Waals surface area contributed by atoms with Gasteiger partial charge in [0.2, 0.25) is 6.41 Å². The molecule has 0 spiro atoms. The Morgan fingerprint density at radius 3 is 2.06 bits per heavy atom. The van der Waals surface area contributed by atoms with E-state index in [9.17, 15) is 0 Å². The Bertz CT molecular complexity index is 483. The molecular formula is C15H18ClNO. The fourth-order valence-corrected chi connectivity index (χ4v) is 1.68. The molecule has 0 saturated carbocycles. The second-order valence-electron chi connectivity index (χ2n) is 3.75. The first-order valence-corrected chi connectivity index (χ1v) is 5.47. The molecule has 0 aliphatic carbocycles. The van der Waals surface area contributed by atoms with Gasteiger partial charge < -0.3 is 5.73 Å². The van der Waals surface area contributed by atoms with Gasteiger partial charge in [-0.3, -0.25) is 4.79 Å². The maximum absolute atomic E-state index is 8.58. The molecular weight excluding hydrogens is 246 g/mol. The van der Waals surface area contributed by atoms with E-state index in [-0.39, 0.29) is 18.8 Å².